The van der Waals surface area contributed by atoms with Crippen LogP contribution in [0.5, 0.6) is 0 Å². The van der Waals surface area contributed by atoms with Gasteiger partial charge < -0.3 is 10.2 Å². The summed E-state index contributed by atoms with van der Waals surface area (Å²) in [5.74, 6) is 0. The molecule has 1 aromatic rings. The summed E-state index contributed by atoms with van der Waals surface area (Å²) in [5, 5.41) is 5.23. The lowest BCUT2D eigenvalue weighted by Gasteiger charge is -2.34. The first-order valence-electron chi connectivity index (χ1n) is 7.69. The van der Waals surface area contributed by atoms with Crippen LogP contribution in [0.25, 0.3) is 0 Å². The second kappa shape index (κ2) is 5.90. The molecule has 2 heterocycles. The molecule has 1 saturated heterocycles. The van der Waals surface area contributed by atoms with Gasteiger partial charge in [-0.05, 0) is 52.1 Å². The van der Waals surface area contributed by atoms with Gasteiger partial charge in [0, 0.05) is 23.5 Å². The van der Waals surface area contributed by atoms with Crippen LogP contribution in [0, 0.1) is 0 Å². The van der Waals surface area contributed by atoms with Crippen LogP contribution in [0.1, 0.15) is 54.2 Å². The first-order valence-corrected chi connectivity index (χ1v) is 8.51. The van der Waals surface area contributed by atoms with Crippen molar-refractivity contribution in [2.75, 3.05) is 20.1 Å². The van der Waals surface area contributed by atoms with Gasteiger partial charge in [-0.25, -0.2) is 4.98 Å². The third kappa shape index (κ3) is 3.01. The molecule has 3 rings (SSSR count). The van der Waals surface area contributed by atoms with Gasteiger partial charge in [0.15, 0.2) is 0 Å². The molecule has 3 nitrogen and oxygen atoms in total. The zero-order valence-corrected chi connectivity index (χ0v) is 12.9. The maximum Gasteiger partial charge on any atom is 0.0928 e. The molecule has 0 amide bonds. The minimum Gasteiger partial charge on any atom is -0.305 e. The smallest absolute Gasteiger partial charge is 0.0928 e. The summed E-state index contributed by atoms with van der Waals surface area (Å²) in [5.41, 5.74) is 1.38. The van der Waals surface area contributed by atoms with E-state index in [1.807, 2.05) is 11.3 Å². The number of likely N-dealkylation sites (tertiary alicyclic amines) is 1. The lowest BCUT2D eigenvalue weighted by Crippen LogP contribution is -2.45. The van der Waals surface area contributed by atoms with Gasteiger partial charge in [-0.3, -0.25) is 0 Å². The molecular formula is C15H25N3S. The Labute approximate surface area is 120 Å². The highest BCUT2D eigenvalue weighted by Crippen LogP contribution is 2.35. The van der Waals surface area contributed by atoms with E-state index in [0.29, 0.717) is 12.1 Å². The van der Waals surface area contributed by atoms with Gasteiger partial charge in [-0.1, -0.05) is 6.92 Å². The molecule has 1 fully saturated rings. The molecule has 1 aliphatic carbocycles. The van der Waals surface area contributed by atoms with E-state index in [9.17, 15) is 0 Å². The van der Waals surface area contributed by atoms with Crippen LogP contribution >= 0.6 is 11.3 Å². The van der Waals surface area contributed by atoms with Crippen molar-refractivity contribution in [1.82, 2.24) is 15.2 Å². The van der Waals surface area contributed by atoms with Crippen molar-refractivity contribution < 1.29 is 0 Å². The first-order chi connectivity index (χ1) is 9.26. The fourth-order valence-electron chi connectivity index (χ4n) is 3.37. The van der Waals surface area contributed by atoms with Crippen molar-refractivity contribution in [2.45, 2.75) is 57.5 Å². The van der Waals surface area contributed by atoms with Crippen molar-refractivity contribution in [3.8, 4) is 0 Å². The van der Waals surface area contributed by atoms with Gasteiger partial charge in [0.1, 0.15) is 0 Å². The van der Waals surface area contributed by atoms with Crippen LogP contribution < -0.4 is 5.32 Å². The molecule has 106 valence electrons. The fourth-order valence-corrected chi connectivity index (χ4v) is 4.52. The monoisotopic (exact) mass is 279 g/mol. The normalized spacial score (nSPS) is 28.3. The maximum atomic E-state index is 4.80. The Morgan fingerprint density at radius 3 is 3.05 bits per heavy atom. The number of rotatable bonds is 3. The highest BCUT2D eigenvalue weighted by atomic mass is 32.1. The van der Waals surface area contributed by atoms with Gasteiger partial charge in [0.05, 0.1) is 10.7 Å². The molecule has 1 N–H and O–H groups in total. The van der Waals surface area contributed by atoms with Crippen molar-refractivity contribution in [3.05, 3.63) is 15.6 Å². The Hall–Kier alpha value is -0.450. The summed E-state index contributed by atoms with van der Waals surface area (Å²) >= 11 is 1.95. The maximum absolute atomic E-state index is 4.80. The number of thiazole rings is 1. The minimum absolute atomic E-state index is 0.568. The van der Waals surface area contributed by atoms with E-state index < -0.39 is 0 Å². The van der Waals surface area contributed by atoms with E-state index in [1.54, 1.807) is 0 Å². The molecule has 1 aromatic heterocycles. The summed E-state index contributed by atoms with van der Waals surface area (Å²) in [4.78, 5) is 8.79. The summed E-state index contributed by atoms with van der Waals surface area (Å²) in [6, 6.07) is 1.24. The van der Waals surface area contributed by atoms with E-state index in [0.717, 1.165) is 6.42 Å². The molecule has 2 unspecified atom stereocenters. The quantitative estimate of drug-likeness (QED) is 0.922. The number of hydrogen-bond acceptors (Lipinski definition) is 4. The number of piperidine rings is 1. The van der Waals surface area contributed by atoms with Crippen molar-refractivity contribution >= 4 is 11.3 Å². The zero-order chi connectivity index (χ0) is 13.2. The predicted molar refractivity (Wildman–Crippen MR) is 80.8 cm³/mol. The van der Waals surface area contributed by atoms with E-state index in [2.05, 4.69) is 24.2 Å². The molecule has 2 atom stereocenters. The van der Waals surface area contributed by atoms with Gasteiger partial charge >= 0.3 is 0 Å². The second-order valence-corrected chi connectivity index (χ2v) is 7.10. The second-order valence-electron chi connectivity index (χ2n) is 5.98. The van der Waals surface area contributed by atoms with E-state index in [-0.39, 0.29) is 0 Å². The molecule has 0 radical (unpaired) electrons. The summed E-state index contributed by atoms with van der Waals surface area (Å²) in [6.45, 7) is 4.67. The number of nitrogens with zero attached hydrogens (tertiary/aromatic N) is 2. The average Bonchev–Trinajstić information content (AvgIpc) is 2.83. The van der Waals surface area contributed by atoms with Gasteiger partial charge in [-0.2, -0.15) is 0 Å². The Bertz CT molecular complexity index is 429. The number of fused-ring (bicyclic) bond motifs is 1. The SMILES string of the molecule is CCc1nc2c(s1)C(NC1CCCN(C)C1)CCC2. The number of aryl methyl sites for hydroxylation is 2. The fraction of sp³-hybridized carbons (Fsp3) is 0.800. The van der Waals surface area contributed by atoms with Crippen LogP contribution in [0.4, 0.5) is 0 Å². The topological polar surface area (TPSA) is 28.2 Å². The van der Waals surface area contributed by atoms with Gasteiger partial charge in [0.25, 0.3) is 0 Å². The molecule has 0 bridgehead atoms. The highest BCUT2D eigenvalue weighted by Gasteiger charge is 2.27. The lowest BCUT2D eigenvalue weighted by atomic mass is 9.96. The Kier molecular flexibility index (Phi) is 4.20. The number of likely N-dealkylation sites (N-methyl/N-ethyl adjacent to an activating group) is 1. The van der Waals surface area contributed by atoms with E-state index in [1.165, 1.54) is 60.8 Å². The summed E-state index contributed by atoms with van der Waals surface area (Å²) in [6.07, 6.45) is 7.51. The molecule has 1 aliphatic heterocycles. The van der Waals surface area contributed by atoms with Crippen LogP contribution in [0.3, 0.4) is 0 Å². The molecule has 0 saturated carbocycles. The lowest BCUT2D eigenvalue weighted by molar-refractivity contribution is 0.212. The molecule has 4 heteroatoms. The van der Waals surface area contributed by atoms with Gasteiger partial charge in [0.2, 0.25) is 0 Å². The van der Waals surface area contributed by atoms with Crippen molar-refractivity contribution in [1.29, 1.82) is 0 Å². The van der Waals surface area contributed by atoms with Gasteiger partial charge in [-0.15, -0.1) is 11.3 Å². The van der Waals surface area contributed by atoms with Crippen LogP contribution in [0.2, 0.25) is 0 Å². The highest BCUT2D eigenvalue weighted by molar-refractivity contribution is 7.11. The van der Waals surface area contributed by atoms with Crippen molar-refractivity contribution in [2.24, 2.45) is 0 Å². The van der Waals surface area contributed by atoms with E-state index >= 15 is 0 Å². The Balaban J connectivity index is 1.70. The largest absolute Gasteiger partial charge is 0.305 e. The molecule has 19 heavy (non-hydrogen) atoms. The third-order valence-electron chi connectivity index (χ3n) is 4.36. The molecular weight excluding hydrogens is 254 g/mol. The van der Waals surface area contributed by atoms with Crippen LogP contribution in [-0.2, 0) is 12.8 Å². The third-order valence-corrected chi connectivity index (χ3v) is 5.71. The van der Waals surface area contributed by atoms with Crippen LogP contribution in [-0.4, -0.2) is 36.1 Å². The number of hydrogen-bond donors (Lipinski definition) is 1. The predicted octanol–water partition coefficient (Wildman–Crippen LogP) is 2.77. The molecule has 2 aliphatic rings. The van der Waals surface area contributed by atoms with Crippen molar-refractivity contribution in [3.63, 3.8) is 0 Å². The Morgan fingerprint density at radius 2 is 2.26 bits per heavy atom. The summed E-state index contributed by atoms with van der Waals surface area (Å²) < 4.78 is 0. The number of nitrogens with one attached hydrogen (secondary N) is 1. The molecule has 0 spiro atoms. The first kappa shape index (κ1) is 13.5. The molecule has 0 aromatic carbocycles. The van der Waals surface area contributed by atoms with E-state index in [4.69, 9.17) is 4.98 Å². The summed E-state index contributed by atoms with van der Waals surface area (Å²) in [7, 11) is 2.24. The number of aromatic nitrogens is 1. The minimum atomic E-state index is 0.568. The average molecular weight is 279 g/mol. The Morgan fingerprint density at radius 1 is 1.37 bits per heavy atom. The standard InChI is InChI=1S/C15H25N3S/c1-3-14-17-13-8-4-7-12(15(13)19-14)16-11-6-5-9-18(2)10-11/h11-12,16H,3-10H2,1-2H3. The van der Waals surface area contributed by atoms with Crippen LogP contribution in [0.15, 0.2) is 0 Å². The zero-order valence-electron chi connectivity index (χ0n) is 12.1.